The molecule has 0 aliphatic heterocycles. The summed E-state index contributed by atoms with van der Waals surface area (Å²) < 4.78 is 7.06. The highest BCUT2D eigenvalue weighted by Crippen LogP contribution is 2.41. The van der Waals surface area contributed by atoms with Crippen molar-refractivity contribution in [3.05, 3.63) is 95.7 Å². The Hall–Kier alpha value is -3.79. The largest absolute Gasteiger partial charge is 0.507 e. The molecular formula is C26H21NO3. The molecule has 1 aliphatic rings. The Morgan fingerprint density at radius 2 is 1.67 bits per heavy atom. The van der Waals surface area contributed by atoms with Crippen LogP contribution in [0.2, 0.25) is 0 Å². The highest BCUT2D eigenvalue weighted by Gasteiger charge is 2.24. The van der Waals surface area contributed by atoms with Gasteiger partial charge in [-0.15, -0.1) is 0 Å². The second kappa shape index (κ2) is 7.23. The summed E-state index contributed by atoms with van der Waals surface area (Å²) >= 11 is 0. The molecule has 0 bridgehead atoms. The van der Waals surface area contributed by atoms with Crippen molar-refractivity contribution in [1.29, 1.82) is 0 Å². The van der Waals surface area contributed by atoms with E-state index in [1.165, 1.54) is 29.5 Å². The SMILES string of the molecule is COC(=O)c1cc(-n2c(-c3ccccc3)cc3c2CCc2ccccc2-3)ccc1O. The second-order valence-corrected chi connectivity index (χ2v) is 7.44. The highest BCUT2D eigenvalue weighted by atomic mass is 16.5. The van der Waals surface area contributed by atoms with Gasteiger partial charge in [0.05, 0.1) is 12.8 Å². The van der Waals surface area contributed by atoms with Crippen LogP contribution in [0.5, 0.6) is 5.75 Å². The Morgan fingerprint density at radius 3 is 2.47 bits per heavy atom. The number of rotatable bonds is 3. The van der Waals surface area contributed by atoms with Gasteiger partial charge in [-0.25, -0.2) is 4.79 Å². The molecule has 1 aliphatic carbocycles. The molecule has 0 saturated carbocycles. The summed E-state index contributed by atoms with van der Waals surface area (Å²) in [5, 5.41) is 10.2. The molecule has 1 N–H and O–H groups in total. The number of phenolic OH excluding ortho intramolecular Hbond substituents is 1. The van der Waals surface area contributed by atoms with Crippen LogP contribution in [0.25, 0.3) is 28.1 Å². The van der Waals surface area contributed by atoms with E-state index >= 15 is 0 Å². The highest BCUT2D eigenvalue weighted by molar-refractivity contribution is 5.93. The fourth-order valence-corrected chi connectivity index (χ4v) is 4.34. The van der Waals surface area contributed by atoms with Crippen LogP contribution in [0, 0.1) is 0 Å². The molecule has 1 heterocycles. The predicted octanol–water partition coefficient (Wildman–Crippen LogP) is 5.40. The van der Waals surface area contributed by atoms with Crippen LogP contribution >= 0.6 is 0 Å². The normalized spacial score (nSPS) is 12.2. The number of aromatic hydroxyl groups is 1. The van der Waals surface area contributed by atoms with E-state index in [4.69, 9.17) is 4.74 Å². The van der Waals surface area contributed by atoms with Gasteiger partial charge in [0.2, 0.25) is 0 Å². The van der Waals surface area contributed by atoms with Crippen LogP contribution in [0.1, 0.15) is 21.6 Å². The van der Waals surface area contributed by atoms with E-state index < -0.39 is 5.97 Å². The third-order valence-electron chi connectivity index (χ3n) is 5.75. The number of hydrogen-bond acceptors (Lipinski definition) is 3. The Bertz CT molecular complexity index is 1250. The van der Waals surface area contributed by atoms with E-state index in [1.807, 2.05) is 24.3 Å². The summed E-state index contributed by atoms with van der Waals surface area (Å²) in [6.07, 6.45) is 1.86. The smallest absolute Gasteiger partial charge is 0.341 e. The number of carbonyl (C=O) groups excluding carboxylic acids is 1. The molecule has 0 radical (unpaired) electrons. The summed E-state index contributed by atoms with van der Waals surface area (Å²) in [6.45, 7) is 0. The molecule has 0 atom stereocenters. The lowest BCUT2D eigenvalue weighted by Crippen LogP contribution is -2.10. The van der Waals surface area contributed by atoms with Gasteiger partial charge in [0.15, 0.2) is 0 Å². The fourth-order valence-electron chi connectivity index (χ4n) is 4.34. The van der Waals surface area contributed by atoms with Crippen LogP contribution in [-0.4, -0.2) is 22.8 Å². The standard InChI is InChI=1S/C26H21NO3/c1-30-26(29)22-15-19(12-14-25(22)28)27-23-13-11-17-7-5-6-10-20(17)21(23)16-24(27)18-8-3-2-4-9-18/h2-10,12,14-16,28H,11,13H2,1H3. The maximum atomic E-state index is 12.2. The number of fused-ring (bicyclic) bond motifs is 3. The van der Waals surface area contributed by atoms with Crippen LogP contribution in [0.4, 0.5) is 0 Å². The predicted molar refractivity (Wildman–Crippen MR) is 117 cm³/mol. The Balaban J connectivity index is 1.79. The molecule has 5 rings (SSSR count). The van der Waals surface area contributed by atoms with E-state index in [0.29, 0.717) is 0 Å². The van der Waals surface area contributed by atoms with Crippen LogP contribution in [-0.2, 0) is 17.6 Å². The average molecular weight is 395 g/mol. The van der Waals surface area contributed by atoms with E-state index in [-0.39, 0.29) is 11.3 Å². The van der Waals surface area contributed by atoms with Crippen molar-refractivity contribution >= 4 is 5.97 Å². The van der Waals surface area contributed by atoms with Crippen molar-refractivity contribution in [1.82, 2.24) is 4.57 Å². The van der Waals surface area contributed by atoms with E-state index in [0.717, 1.165) is 29.8 Å². The Labute approximate surface area is 175 Å². The van der Waals surface area contributed by atoms with Crippen molar-refractivity contribution < 1.29 is 14.6 Å². The third-order valence-corrected chi connectivity index (χ3v) is 5.75. The van der Waals surface area contributed by atoms with Crippen molar-refractivity contribution in [2.45, 2.75) is 12.8 Å². The monoisotopic (exact) mass is 395 g/mol. The molecule has 148 valence electrons. The molecule has 0 unspecified atom stereocenters. The minimum absolute atomic E-state index is 0.0850. The molecule has 0 saturated heterocycles. The third kappa shape index (κ3) is 2.89. The number of benzene rings is 3. The summed E-state index contributed by atoms with van der Waals surface area (Å²) in [5.41, 5.74) is 8.15. The first-order valence-electron chi connectivity index (χ1n) is 9.97. The minimum Gasteiger partial charge on any atom is -0.507 e. The number of methoxy groups -OCH3 is 1. The molecule has 4 nitrogen and oxygen atoms in total. The van der Waals surface area contributed by atoms with Gasteiger partial charge < -0.3 is 14.4 Å². The lowest BCUT2D eigenvalue weighted by atomic mass is 9.90. The summed E-state index contributed by atoms with van der Waals surface area (Å²) in [6, 6.07) is 26.1. The van der Waals surface area contributed by atoms with E-state index in [9.17, 15) is 9.90 Å². The molecule has 0 fully saturated rings. The summed E-state index contributed by atoms with van der Waals surface area (Å²) in [4.78, 5) is 12.2. The Kier molecular flexibility index (Phi) is 4.40. The Morgan fingerprint density at radius 1 is 0.900 bits per heavy atom. The van der Waals surface area contributed by atoms with Gasteiger partial charge in [-0.05, 0) is 53.8 Å². The molecule has 3 aromatic carbocycles. The quantitative estimate of drug-likeness (QED) is 0.473. The number of esters is 1. The first-order valence-corrected chi connectivity index (χ1v) is 9.97. The molecule has 4 heteroatoms. The van der Waals surface area contributed by atoms with Gasteiger partial charge in [-0.3, -0.25) is 0 Å². The van der Waals surface area contributed by atoms with Crippen molar-refractivity contribution in [3.8, 4) is 33.8 Å². The van der Waals surface area contributed by atoms with Gasteiger partial charge in [0, 0.05) is 16.9 Å². The van der Waals surface area contributed by atoms with Crippen LogP contribution < -0.4 is 0 Å². The summed E-state index contributed by atoms with van der Waals surface area (Å²) in [7, 11) is 1.32. The lowest BCUT2D eigenvalue weighted by molar-refractivity contribution is 0.0597. The first kappa shape index (κ1) is 18.3. The van der Waals surface area contributed by atoms with E-state index in [2.05, 4.69) is 47.0 Å². The van der Waals surface area contributed by atoms with Crippen molar-refractivity contribution in [2.75, 3.05) is 7.11 Å². The van der Waals surface area contributed by atoms with Crippen LogP contribution in [0.15, 0.2) is 78.9 Å². The second-order valence-electron chi connectivity index (χ2n) is 7.44. The van der Waals surface area contributed by atoms with Gasteiger partial charge >= 0.3 is 5.97 Å². The number of ether oxygens (including phenoxy) is 1. The van der Waals surface area contributed by atoms with E-state index in [1.54, 1.807) is 12.1 Å². The topological polar surface area (TPSA) is 51.5 Å². The zero-order valence-corrected chi connectivity index (χ0v) is 16.6. The number of aryl methyl sites for hydroxylation is 1. The maximum absolute atomic E-state index is 12.2. The molecule has 0 spiro atoms. The van der Waals surface area contributed by atoms with Crippen molar-refractivity contribution in [3.63, 3.8) is 0 Å². The van der Waals surface area contributed by atoms with Gasteiger partial charge in [0.1, 0.15) is 11.3 Å². The molecule has 0 amide bonds. The fraction of sp³-hybridized carbons (Fsp3) is 0.115. The zero-order valence-electron chi connectivity index (χ0n) is 16.6. The zero-order chi connectivity index (χ0) is 20.7. The number of phenols is 1. The minimum atomic E-state index is -0.554. The van der Waals surface area contributed by atoms with Gasteiger partial charge in [-0.2, -0.15) is 0 Å². The first-order chi connectivity index (χ1) is 14.7. The maximum Gasteiger partial charge on any atom is 0.341 e. The van der Waals surface area contributed by atoms with Gasteiger partial charge in [0.25, 0.3) is 0 Å². The number of nitrogens with zero attached hydrogens (tertiary/aromatic N) is 1. The van der Waals surface area contributed by atoms with Gasteiger partial charge in [-0.1, -0.05) is 54.6 Å². The number of hydrogen-bond donors (Lipinski definition) is 1. The lowest BCUT2D eigenvalue weighted by Gasteiger charge is -2.20. The molecule has 1 aromatic heterocycles. The summed E-state index contributed by atoms with van der Waals surface area (Å²) in [5.74, 6) is -0.639. The average Bonchev–Trinajstić information content (AvgIpc) is 3.19. The number of carbonyl (C=O) groups is 1. The van der Waals surface area contributed by atoms with Crippen LogP contribution in [0.3, 0.4) is 0 Å². The molecule has 30 heavy (non-hydrogen) atoms. The number of aromatic nitrogens is 1. The van der Waals surface area contributed by atoms with Crippen molar-refractivity contribution in [2.24, 2.45) is 0 Å². The molecule has 4 aromatic rings. The molecular weight excluding hydrogens is 374 g/mol.